The van der Waals surface area contributed by atoms with Crippen LogP contribution < -0.4 is 20.9 Å². The summed E-state index contributed by atoms with van der Waals surface area (Å²) in [4.78, 5) is 17.3. The van der Waals surface area contributed by atoms with Crippen LogP contribution in [0.4, 0.5) is 11.9 Å². The van der Waals surface area contributed by atoms with Crippen molar-refractivity contribution in [3.05, 3.63) is 0 Å². The largest absolute Gasteiger partial charge is 0.463 e. The van der Waals surface area contributed by atoms with Gasteiger partial charge in [0.05, 0.1) is 6.61 Å². The van der Waals surface area contributed by atoms with Gasteiger partial charge in [0.15, 0.2) is 0 Å². The first-order valence-electron chi connectivity index (χ1n) is 6.94. The van der Waals surface area contributed by atoms with Gasteiger partial charge in [-0.25, -0.2) is 5.84 Å². The Morgan fingerprint density at radius 3 is 2.80 bits per heavy atom. The number of piperazine rings is 1. The fourth-order valence-electron chi connectivity index (χ4n) is 2.23. The Balaban J connectivity index is 2.21. The smallest absolute Gasteiger partial charge is 0.323 e. The van der Waals surface area contributed by atoms with Gasteiger partial charge in [0, 0.05) is 25.7 Å². The molecule has 1 aromatic heterocycles. The zero-order valence-corrected chi connectivity index (χ0v) is 12.3. The van der Waals surface area contributed by atoms with Crippen molar-refractivity contribution in [2.45, 2.75) is 26.3 Å². The molecule has 1 aliphatic heterocycles. The summed E-state index contributed by atoms with van der Waals surface area (Å²) in [6.07, 6.45) is 0.900. The van der Waals surface area contributed by atoms with Crippen molar-refractivity contribution in [3.63, 3.8) is 0 Å². The Hall–Kier alpha value is -1.67. The number of aromatic nitrogens is 3. The van der Waals surface area contributed by atoms with Gasteiger partial charge in [-0.2, -0.15) is 15.0 Å². The molecule has 8 nitrogen and oxygen atoms in total. The third-order valence-electron chi connectivity index (χ3n) is 3.25. The second-order valence-electron chi connectivity index (χ2n) is 5.04. The van der Waals surface area contributed by atoms with Crippen LogP contribution in [-0.2, 0) is 0 Å². The second kappa shape index (κ2) is 6.67. The van der Waals surface area contributed by atoms with Crippen molar-refractivity contribution in [3.8, 4) is 6.01 Å². The molecule has 0 aromatic carbocycles. The zero-order valence-electron chi connectivity index (χ0n) is 12.3. The van der Waals surface area contributed by atoms with Crippen molar-refractivity contribution in [1.29, 1.82) is 0 Å². The summed E-state index contributed by atoms with van der Waals surface area (Å²) in [5, 5.41) is 0. The molecule has 1 unspecified atom stereocenters. The van der Waals surface area contributed by atoms with Gasteiger partial charge < -0.3 is 14.5 Å². The Morgan fingerprint density at radius 2 is 2.15 bits per heavy atom. The van der Waals surface area contributed by atoms with E-state index in [2.05, 4.69) is 44.1 Å². The highest BCUT2D eigenvalue weighted by molar-refractivity contribution is 5.39. The third kappa shape index (κ3) is 3.45. The molecule has 0 radical (unpaired) electrons. The lowest BCUT2D eigenvalue weighted by atomic mass is 10.2. The Morgan fingerprint density at radius 1 is 1.35 bits per heavy atom. The summed E-state index contributed by atoms with van der Waals surface area (Å²) >= 11 is 0. The van der Waals surface area contributed by atoms with Crippen molar-refractivity contribution < 1.29 is 4.74 Å². The molecule has 0 saturated carbocycles. The molecule has 1 aliphatic rings. The van der Waals surface area contributed by atoms with Crippen LogP contribution >= 0.6 is 0 Å². The molecule has 0 aliphatic carbocycles. The average molecular weight is 281 g/mol. The van der Waals surface area contributed by atoms with Gasteiger partial charge in [0.1, 0.15) is 0 Å². The molecule has 2 heterocycles. The van der Waals surface area contributed by atoms with Crippen molar-refractivity contribution in [1.82, 2.24) is 19.9 Å². The van der Waals surface area contributed by atoms with Gasteiger partial charge in [-0.3, -0.25) is 5.43 Å². The molecule has 1 fully saturated rings. The first-order valence-corrected chi connectivity index (χ1v) is 6.94. The molecular weight excluding hydrogens is 258 g/mol. The lowest BCUT2D eigenvalue weighted by Crippen LogP contribution is -2.51. The van der Waals surface area contributed by atoms with Crippen LogP contribution in [0.5, 0.6) is 6.01 Å². The number of ether oxygens (including phenoxy) is 1. The fourth-order valence-corrected chi connectivity index (χ4v) is 2.23. The van der Waals surface area contributed by atoms with Crippen LogP contribution in [-0.4, -0.2) is 59.2 Å². The first kappa shape index (κ1) is 14.7. The molecule has 8 heteroatoms. The molecule has 20 heavy (non-hydrogen) atoms. The molecular formula is C12H23N7O. The van der Waals surface area contributed by atoms with Crippen LogP contribution in [0.3, 0.4) is 0 Å². The van der Waals surface area contributed by atoms with Crippen molar-refractivity contribution >= 4 is 11.9 Å². The van der Waals surface area contributed by atoms with Crippen LogP contribution in [0.25, 0.3) is 0 Å². The maximum absolute atomic E-state index is 5.49. The highest BCUT2D eigenvalue weighted by Crippen LogP contribution is 2.19. The van der Waals surface area contributed by atoms with E-state index in [9.17, 15) is 0 Å². The lowest BCUT2D eigenvalue weighted by Gasteiger charge is -2.38. The number of nitrogens with zero attached hydrogens (tertiary/aromatic N) is 5. The van der Waals surface area contributed by atoms with E-state index in [4.69, 9.17) is 10.6 Å². The van der Waals surface area contributed by atoms with Crippen molar-refractivity contribution in [2.75, 3.05) is 43.6 Å². The quantitative estimate of drug-likeness (QED) is 0.579. The Kier molecular flexibility index (Phi) is 4.91. The number of likely N-dealkylation sites (N-methyl/N-ethyl adjacent to an activating group) is 1. The first-order chi connectivity index (χ1) is 9.63. The lowest BCUT2D eigenvalue weighted by molar-refractivity contribution is 0.270. The molecule has 0 amide bonds. The van der Waals surface area contributed by atoms with Gasteiger partial charge in [-0.05, 0) is 20.4 Å². The summed E-state index contributed by atoms with van der Waals surface area (Å²) in [5.41, 5.74) is 2.47. The summed E-state index contributed by atoms with van der Waals surface area (Å²) in [7, 11) is 2.11. The Labute approximate surface area is 119 Å². The number of rotatable bonds is 5. The molecule has 0 bridgehead atoms. The van der Waals surface area contributed by atoms with Crippen LogP contribution in [0.2, 0.25) is 0 Å². The minimum absolute atomic E-state index is 0.316. The number of hydrogen-bond donors (Lipinski definition) is 2. The number of hydrogen-bond acceptors (Lipinski definition) is 8. The summed E-state index contributed by atoms with van der Waals surface area (Å²) in [6, 6.07) is 0.650. The monoisotopic (exact) mass is 281 g/mol. The van der Waals surface area contributed by atoms with Gasteiger partial charge in [-0.1, -0.05) is 6.92 Å². The van der Waals surface area contributed by atoms with E-state index in [1.807, 2.05) is 6.92 Å². The van der Waals surface area contributed by atoms with Gasteiger partial charge in [0.25, 0.3) is 0 Å². The van der Waals surface area contributed by atoms with Gasteiger partial charge in [-0.15, -0.1) is 0 Å². The number of nitrogens with two attached hydrogens (primary N) is 1. The highest BCUT2D eigenvalue weighted by atomic mass is 16.5. The normalized spacial score (nSPS) is 20.0. The molecule has 0 spiro atoms. The zero-order chi connectivity index (χ0) is 14.5. The molecule has 112 valence electrons. The predicted molar refractivity (Wildman–Crippen MR) is 77.7 cm³/mol. The van der Waals surface area contributed by atoms with Crippen molar-refractivity contribution in [2.24, 2.45) is 5.84 Å². The van der Waals surface area contributed by atoms with Crippen LogP contribution in [0, 0.1) is 0 Å². The molecule has 2 rings (SSSR count). The van der Waals surface area contributed by atoms with Crippen LogP contribution in [0.1, 0.15) is 20.3 Å². The standard InChI is InChI=1S/C12H23N7O/c1-4-7-20-12-15-10(17-13)14-11(16-12)19-6-5-18(3)8-9(19)2/h9H,4-8,13H2,1-3H3,(H,14,15,16,17). The molecule has 3 N–H and O–H groups in total. The average Bonchev–Trinajstić information content (AvgIpc) is 2.44. The minimum Gasteiger partial charge on any atom is -0.463 e. The minimum atomic E-state index is 0.316. The summed E-state index contributed by atoms with van der Waals surface area (Å²) in [6.45, 7) is 7.59. The number of anilines is 2. The summed E-state index contributed by atoms with van der Waals surface area (Å²) < 4.78 is 5.49. The maximum atomic E-state index is 5.49. The van der Waals surface area contributed by atoms with Gasteiger partial charge >= 0.3 is 6.01 Å². The third-order valence-corrected chi connectivity index (χ3v) is 3.25. The number of hydrazine groups is 1. The maximum Gasteiger partial charge on any atom is 0.323 e. The topological polar surface area (TPSA) is 92.4 Å². The fraction of sp³-hybridized carbons (Fsp3) is 0.750. The van der Waals surface area contributed by atoms with E-state index >= 15 is 0 Å². The second-order valence-corrected chi connectivity index (χ2v) is 5.04. The van der Waals surface area contributed by atoms with Gasteiger partial charge in [0.2, 0.25) is 11.9 Å². The SMILES string of the molecule is CCCOc1nc(NN)nc(N2CCN(C)CC2C)n1. The van der Waals surface area contributed by atoms with E-state index in [1.54, 1.807) is 0 Å². The highest BCUT2D eigenvalue weighted by Gasteiger charge is 2.24. The van der Waals surface area contributed by atoms with E-state index in [0.717, 1.165) is 26.1 Å². The molecule has 1 saturated heterocycles. The van der Waals surface area contributed by atoms with E-state index in [-0.39, 0.29) is 0 Å². The predicted octanol–water partition coefficient (Wildman–Crippen LogP) is 0.0863. The molecule has 1 aromatic rings. The number of nitrogen functional groups attached to an aromatic ring is 1. The van der Waals surface area contributed by atoms with E-state index < -0.39 is 0 Å². The van der Waals surface area contributed by atoms with E-state index in [0.29, 0.717) is 30.6 Å². The van der Waals surface area contributed by atoms with E-state index in [1.165, 1.54) is 0 Å². The van der Waals surface area contributed by atoms with Crippen LogP contribution in [0.15, 0.2) is 0 Å². The summed E-state index contributed by atoms with van der Waals surface area (Å²) in [5.74, 6) is 6.35. The molecule has 1 atom stereocenters. The number of nitrogens with one attached hydrogen (secondary N) is 1. The Bertz CT molecular complexity index is 442.